The Morgan fingerprint density at radius 1 is 1.33 bits per heavy atom. The third-order valence-corrected chi connectivity index (χ3v) is 4.26. The van der Waals surface area contributed by atoms with Gasteiger partial charge in [0.1, 0.15) is 0 Å². The number of halogens is 1. The van der Waals surface area contributed by atoms with Gasteiger partial charge in [0.25, 0.3) is 0 Å². The maximum atomic E-state index is 6.15. The first-order valence-corrected chi connectivity index (χ1v) is 7.24. The van der Waals surface area contributed by atoms with Gasteiger partial charge in [-0.05, 0) is 42.5 Å². The number of hydrogen-bond donors (Lipinski definition) is 1. The van der Waals surface area contributed by atoms with E-state index in [0.717, 1.165) is 16.3 Å². The SMILES string of the molecule is CCC1CCCCC1OCc1cc(N)ccc1Cl. The molecule has 2 atom stereocenters. The quantitative estimate of drug-likeness (QED) is 0.821. The molecule has 2 nitrogen and oxygen atoms in total. The highest BCUT2D eigenvalue weighted by Crippen LogP contribution is 2.30. The lowest BCUT2D eigenvalue weighted by molar-refractivity contribution is -0.0221. The van der Waals surface area contributed by atoms with Crippen LogP contribution in [-0.4, -0.2) is 6.10 Å². The number of nitrogens with two attached hydrogens (primary N) is 1. The highest BCUT2D eigenvalue weighted by molar-refractivity contribution is 6.31. The van der Waals surface area contributed by atoms with Crippen LogP contribution < -0.4 is 5.73 Å². The predicted molar refractivity (Wildman–Crippen MR) is 76.7 cm³/mol. The van der Waals surface area contributed by atoms with Crippen molar-refractivity contribution >= 4 is 17.3 Å². The normalized spacial score (nSPS) is 24.1. The molecule has 1 aliphatic rings. The molecule has 1 saturated carbocycles. The average Bonchev–Trinajstić information content (AvgIpc) is 2.40. The molecule has 2 rings (SSSR count). The van der Waals surface area contributed by atoms with E-state index < -0.39 is 0 Å². The minimum atomic E-state index is 0.390. The molecule has 1 aliphatic carbocycles. The van der Waals surface area contributed by atoms with Crippen molar-refractivity contribution in [3.63, 3.8) is 0 Å². The van der Waals surface area contributed by atoms with Gasteiger partial charge in [-0.15, -0.1) is 0 Å². The van der Waals surface area contributed by atoms with Crippen LogP contribution in [0.4, 0.5) is 5.69 Å². The molecule has 2 N–H and O–H groups in total. The highest BCUT2D eigenvalue weighted by atomic mass is 35.5. The van der Waals surface area contributed by atoms with E-state index in [4.69, 9.17) is 22.1 Å². The van der Waals surface area contributed by atoms with Crippen LogP contribution in [0.3, 0.4) is 0 Å². The number of nitrogen functional groups attached to an aromatic ring is 1. The third kappa shape index (κ3) is 3.39. The maximum absolute atomic E-state index is 6.15. The van der Waals surface area contributed by atoms with Gasteiger partial charge in [-0.2, -0.15) is 0 Å². The lowest BCUT2D eigenvalue weighted by Gasteiger charge is -2.30. The highest BCUT2D eigenvalue weighted by Gasteiger charge is 2.24. The van der Waals surface area contributed by atoms with Crippen LogP contribution in [0.5, 0.6) is 0 Å². The fourth-order valence-electron chi connectivity index (χ4n) is 2.76. The van der Waals surface area contributed by atoms with Crippen LogP contribution in [-0.2, 0) is 11.3 Å². The van der Waals surface area contributed by atoms with E-state index >= 15 is 0 Å². The van der Waals surface area contributed by atoms with Crippen molar-refractivity contribution in [3.05, 3.63) is 28.8 Å². The molecule has 2 unspecified atom stereocenters. The number of ether oxygens (including phenoxy) is 1. The molecule has 0 aliphatic heterocycles. The van der Waals surface area contributed by atoms with E-state index in [9.17, 15) is 0 Å². The molecule has 18 heavy (non-hydrogen) atoms. The van der Waals surface area contributed by atoms with E-state index in [-0.39, 0.29) is 0 Å². The Balaban J connectivity index is 1.95. The van der Waals surface area contributed by atoms with Crippen LogP contribution in [0.2, 0.25) is 5.02 Å². The third-order valence-electron chi connectivity index (χ3n) is 3.89. The molecular formula is C15H22ClNO. The minimum Gasteiger partial charge on any atom is -0.399 e. The first kappa shape index (κ1) is 13.7. The van der Waals surface area contributed by atoms with E-state index in [1.807, 2.05) is 18.2 Å². The number of hydrogen-bond acceptors (Lipinski definition) is 2. The fourth-order valence-corrected chi connectivity index (χ4v) is 2.93. The molecule has 0 aromatic heterocycles. The standard InChI is InChI=1S/C15H22ClNO/c1-2-11-5-3-4-6-15(11)18-10-12-9-13(17)7-8-14(12)16/h7-9,11,15H,2-6,10,17H2,1H3. The Morgan fingerprint density at radius 3 is 2.89 bits per heavy atom. The van der Waals surface area contributed by atoms with Gasteiger partial charge >= 0.3 is 0 Å². The van der Waals surface area contributed by atoms with Crippen molar-refractivity contribution in [3.8, 4) is 0 Å². The Hall–Kier alpha value is -0.730. The van der Waals surface area contributed by atoms with Gasteiger partial charge in [0.05, 0.1) is 12.7 Å². The van der Waals surface area contributed by atoms with Gasteiger partial charge in [-0.25, -0.2) is 0 Å². The zero-order valence-corrected chi connectivity index (χ0v) is 11.7. The number of rotatable bonds is 4. The lowest BCUT2D eigenvalue weighted by atomic mass is 9.85. The molecular weight excluding hydrogens is 246 g/mol. The zero-order valence-electron chi connectivity index (χ0n) is 11.0. The van der Waals surface area contributed by atoms with Crippen LogP contribution >= 0.6 is 11.6 Å². The molecule has 0 radical (unpaired) electrons. The summed E-state index contributed by atoms with van der Waals surface area (Å²) in [5.74, 6) is 0.707. The van der Waals surface area contributed by atoms with Crippen LogP contribution in [0.1, 0.15) is 44.6 Å². The van der Waals surface area contributed by atoms with Crippen molar-refractivity contribution in [1.29, 1.82) is 0 Å². The second-order valence-corrected chi connectivity index (χ2v) is 5.56. The van der Waals surface area contributed by atoms with Gasteiger partial charge in [-0.1, -0.05) is 37.8 Å². The molecule has 100 valence electrons. The van der Waals surface area contributed by atoms with E-state index in [0.29, 0.717) is 18.6 Å². The summed E-state index contributed by atoms with van der Waals surface area (Å²) < 4.78 is 6.07. The Bertz CT molecular complexity index is 394. The Morgan fingerprint density at radius 2 is 2.11 bits per heavy atom. The molecule has 0 spiro atoms. The lowest BCUT2D eigenvalue weighted by Crippen LogP contribution is -2.27. The van der Waals surface area contributed by atoms with Crippen molar-refractivity contribution < 1.29 is 4.74 Å². The summed E-state index contributed by atoms with van der Waals surface area (Å²) in [6.45, 7) is 2.82. The average molecular weight is 268 g/mol. The molecule has 0 heterocycles. The summed E-state index contributed by atoms with van der Waals surface area (Å²) in [6, 6.07) is 5.57. The van der Waals surface area contributed by atoms with Crippen LogP contribution in [0.25, 0.3) is 0 Å². The Kier molecular flexibility index (Phi) is 4.90. The zero-order chi connectivity index (χ0) is 13.0. The molecule has 0 bridgehead atoms. The van der Waals surface area contributed by atoms with Gasteiger partial charge < -0.3 is 10.5 Å². The van der Waals surface area contributed by atoms with Crippen molar-refractivity contribution in [2.24, 2.45) is 5.92 Å². The van der Waals surface area contributed by atoms with Crippen LogP contribution in [0.15, 0.2) is 18.2 Å². The first-order chi connectivity index (χ1) is 8.70. The van der Waals surface area contributed by atoms with Gasteiger partial charge in [0.15, 0.2) is 0 Å². The van der Waals surface area contributed by atoms with E-state index in [2.05, 4.69) is 6.92 Å². The molecule has 3 heteroatoms. The second-order valence-electron chi connectivity index (χ2n) is 5.15. The largest absolute Gasteiger partial charge is 0.399 e. The summed E-state index contributed by atoms with van der Waals surface area (Å²) in [5.41, 5.74) is 7.52. The van der Waals surface area contributed by atoms with Crippen molar-refractivity contribution in [1.82, 2.24) is 0 Å². The number of benzene rings is 1. The number of anilines is 1. The summed E-state index contributed by atoms with van der Waals surface area (Å²) in [4.78, 5) is 0. The second kappa shape index (κ2) is 6.44. The molecule has 0 amide bonds. The molecule has 1 fully saturated rings. The van der Waals surface area contributed by atoms with Gasteiger partial charge in [-0.3, -0.25) is 0 Å². The summed E-state index contributed by atoms with van der Waals surface area (Å²) >= 11 is 6.15. The van der Waals surface area contributed by atoms with Gasteiger partial charge in [0.2, 0.25) is 0 Å². The summed E-state index contributed by atoms with van der Waals surface area (Å²) in [6.07, 6.45) is 6.70. The van der Waals surface area contributed by atoms with Crippen LogP contribution in [0, 0.1) is 5.92 Å². The minimum absolute atomic E-state index is 0.390. The Labute approximate surface area is 114 Å². The van der Waals surface area contributed by atoms with E-state index in [1.165, 1.54) is 32.1 Å². The smallest absolute Gasteiger partial charge is 0.0736 e. The van der Waals surface area contributed by atoms with Gasteiger partial charge in [0, 0.05) is 10.7 Å². The molecule has 1 aromatic rings. The summed E-state index contributed by atoms with van der Waals surface area (Å²) in [5, 5.41) is 0.744. The maximum Gasteiger partial charge on any atom is 0.0736 e. The van der Waals surface area contributed by atoms with Crippen molar-refractivity contribution in [2.75, 3.05) is 5.73 Å². The fraction of sp³-hybridized carbons (Fsp3) is 0.600. The molecule has 0 saturated heterocycles. The monoisotopic (exact) mass is 267 g/mol. The topological polar surface area (TPSA) is 35.2 Å². The summed E-state index contributed by atoms with van der Waals surface area (Å²) in [7, 11) is 0. The van der Waals surface area contributed by atoms with E-state index in [1.54, 1.807) is 0 Å². The van der Waals surface area contributed by atoms with Crippen molar-refractivity contribution in [2.45, 2.75) is 51.7 Å². The molecule has 1 aromatic carbocycles. The predicted octanol–water partition coefficient (Wildman–Crippen LogP) is 4.41. The first-order valence-electron chi connectivity index (χ1n) is 6.86.